The molecule has 1 fully saturated rings. The maximum atomic E-state index is 12.0. The van der Waals surface area contributed by atoms with Crippen LogP contribution in [0.1, 0.15) is 23.0 Å². The minimum atomic E-state index is -0.144. The lowest BCUT2D eigenvalue weighted by Crippen LogP contribution is -2.46. The van der Waals surface area contributed by atoms with E-state index in [1.165, 1.54) is 0 Å². The number of nitrogens with two attached hydrogens (primary N) is 1. The second kappa shape index (κ2) is 7.33. The summed E-state index contributed by atoms with van der Waals surface area (Å²) in [5, 5.41) is 2.97. The number of nitrogens with zero attached hydrogens (tertiary/aromatic N) is 2. The number of morpholine rings is 1. The Hall–Kier alpha value is -1.50. The zero-order valence-electron chi connectivity index (χ0n) is 11.8. The average Bonchev–Trinajstić information content (AvgIpc) is 2.48. The van der Waals surface area contributed by atoms with Gasteiger partial charge in [0.1, 0.15) is 5.69 Å². The Bertz CT molecular complexity index is 429. The molecule has 2 rings (SSSR count). The van der Waals surface area contributed by atoms with Crippen molar-refractivity contribution in [3.05, 3.63) is 29.6 Å². The van der Waals surface area contributed by atoms with Crippen LogP contribution in [0.2, 0.25) is 0 Å². The van der Waals surface area contributed by atoms with Crippen LogP contribution in [0.5, 0.6) is 0 Å². The van der Waals surface area contributed by atoms with Crippen molar-refractivity contribution in [1.29, 1.82) is 0 Å². The molecule has 6 nitrogen and oxygen atoms in total. The minimum absolute atomic E-state index is 0.0802. The average molecular weight is 278 g/mol. The van der Waals surface area contributed by atoms with E-state index in [2.05, 4.69) is 15.2 Å². The SMILES string of the molecule is CC(CN1CCOCC1)NC(=O)c1ccc(CN)cn1. The van der Waals surface area contributed by atoms with Gasteiger partial charge in [0.15, 0.2) is 0 Å². The van der Waals surface area contributed by atoms with Crippen LogP contribution in [0.25, 0.3) is 0 Å². The van der Waals surface area contributed by atoms with E-state index in [1.54, 1.807) is 12.3 Å². The largest absolute Gasteiger partial charge is 0.379 e. The molecular weight excluding hydrogens is 256 g/mol. The molecule has 1 aromatic rings. The highest BCUT2D eigenvalue weighted by atomic mass is 16.5. The first-order valence-corrected chi connectivity index (χ1v) is 6.95. The zero-order chi connectivity index (χ0) is 14.4. The second-order valence-electron chi connectivity index (χ2n) is 5.04. The number of pyridine rings is 1. The van der Waals surface area contributed by atoms with E-state index in [0.717, 1.165) is 38.4 Å². The van der Waals surface area contributed by atoms with E-state index in [4.69, 9.17) is 10.5 Å². The molecule has 3 N–H and O–H groups in total. The Morgan fingerprint density at radius 1 is 1.50 bits per heavy atom. The van der Waals surface area contributed by atoms with E-state index >= 15 is 0 Å². The number of hydrogen-bond donors (Lipinski definition) is 2. The quantitative estimate of drug-likeness (QED) is 0.792. The molecule has 1 aliphatic heterocycles. The highest BCUT2D eigenvalue weighted by Crippen LogP contribution is 2.02. The molecule has 0 spiro atoms. The number of carbonyl (C=O) groups is 1. The van der Waals surface area contributed by atoms with E-state index in [0.29, 0.717) is 12.2 Å². The van der Waals surface area contributed by atoms with Crippen molar-refractivity contribution in [3.8, 4) is 0 Å². The van der Waals surface area contributed by atoms with Gasteiger partial charge in [0, 0.05) is 38.4 Å². The first-order chi connectivity index (χ1) is 9.69. The fraction of sp³-hybridized carbons (Fsp3) is 0.571. The van der Waals surface area contributed by atoms with E-state index in [9.17, 15) is 4.79 Å². The summed E-state index contributed by atoms with van der Waals surface area (Å²) in [7, 11) is 0. The summed E-state index contributed by atoms with van der Waals surface area (Å²) >= 11 is 0. The molecule has 1 saturated heterocycles. The van der Waals surface area contributed by atoms with Gasteiger partial charge in [-0.1, -0.05) is 6.07 Å². The van der Waals surface area contributed by atoms with Gasteiger partial charge in [-0.05, 0) is 18.6 Å². The molecule has 1 unspecified atom stereocenters. The first kappa shape index (κ1) is 14.9. The molecule has 0 radical (unpaired) electrons. The molecule has 2 heterocycles. The van der Waals surface area contributed by atoms with E-state index in [1.807, 2.05) is 13.0 Å². The summed E-state index contributed by atoms with van der Waals surface area (Å²) in [6.07, 6.45) is 1.64. The van der Waals surface area contributed by atoms with Crippen molar-refractivity contribution < 1.29 is 9.53 Å². The zero-order valence-corrected chi connectivity index (χ0v) is 11.8. The summed E-state index contributed by atoms with van der Waals surface area (Å²) in [4.78, 5) is 18.5. The molecule has 20 heavy (non-hydrogen) atoms. The van der Waals surface area contributed by atoms with Crippen molar-refractivity contribution in [3.63, 3.8) is 0 Å². The van der Waals surface area contributed by atoms with Gasteiger partial charge >= 0.3 is 0 Å². The highest BCUT2D eigenvalue weighted by Gasteiger charge is 2.16. The Morgan fingerprint density at radius 2 is 2.25 bits per heavy atom. The summed E-state index contributed by atoms with van der Waals surface area (Å²) in [6, 6.07) is 3.62. The lowest BCUT2D eigenvalue weighted by atomic mass is 10.2. The van der Waals surface area contributed by atoms with Gasteiger partial charge in [0.05, 0.1) is 13.2 Å². The maximum Gasteiger partial charge on any atom is 0.270 e. The third-order valence-electron chi connectivity index (χ3n) is 3.31. The predicted molar refractivity (Wildman–Crippen MR) is 76.3 cm³/mol. The lowest BCUT2D eigenvalue weighted by molar-refractivity contribution is 0.0342. The van der Waals surface area contributed by atoms with Crippen LogP contribution < -0.4 is 11.1 Å². The molecule has 110 valence electrons. The Balaban J connectivity index is 1.82. The molecule has 1 atom stereocenters. The highest BCUT2D eigenvalue weighted by molar-refractivity contribution is 5.92. The number of carbonyl (C=O) groups excluding carboxylic acids is 1. The van der Waals surface area contributed by atoms with Crippen molar-refractivity contribution in [2.45, 2.75) is 19.5 Å². The Kier molecular flexibility index (Phi) is 5.46. The lowest BCUT2D eigenvalue weighted by Gasteiger charge is -2.29. The van der Waals surface area contributed by atoms with Gasteiger partial charge in [-0.15, -0.1) is 0 Å². The fourth-order valence-electron chi connectivity index (χ4n) is 2.19. The topological polar surface area (TPSA) is 80.5 Å². The molecule has 1 aliphatic rings. The van der Waals surface area contributed by atoms with Gasteiger partial charge in [-0.25, -0.2) is 0 Å². The smallest absolute Gasteiger partial charge is 0.270 e. The third-order valence-corrected chi connectivity index (χ3v) is 3.31. The maximum absolute atomic E-state index is 12.0. The van der Waals surface area contributed by atoms with Crippen LogP contribution in [0, 0.1) is 0 Å². The van der Waals surface area contributed by atoms with E-state index < -0.39 is 0 Å². The molecule has 0 aromatic carbocycles. The fourth-order valence-corrected chi connectivity index (χ4v) is 2.19. The van der Waals surface area contributed by atoms with Crippen molar-refractivity contribution >= 4 is 5.91 Å². The number of hydrogen-bond acceptors (Lipinski definition) is 5. The van der Waals surface area contributed by atoms with E-state index in [-0.39, 0.29) is 11.9 Å². The summed E-state index contributed by atoms with van der Waals surface area (Å²) in [5.41, 5.74) is 6.85. The molecule has 0 saturated carbocycles. The minimum Gasteiger partial charge on any atom is -0.379 e. The van der Waals surface area contributed by atoms with Gasteiger partial charge in [0.25, 0.3) is 5.91 Å². The van der Waals surface area contributed by atoms with Crippen LogP contribution in [0.3, 0.4) is 0 Å². The van der Waals surface area contributed by atoms with Gasteiger partial charge in [0.2, 0.25) is 0 Å². The standard InChI is InChI=1S/C14H22N4O2/c1-11(10-18-4-6-20-7-5-18)17-14(19)13-3-2-12(8-15)9-16-13/h2-3,9,11H,4-8,10,15H2,1H3,(H,17,19). The normalized spacial score (nSPS) is 17.7. The first-order valence-electron chi connectivity index (χ1n) is 6.95. The molecular formula is C14H22N4O2. The van der Waals surface area contributed by atoms with Crippen molar-refractivity contribution in [2.75, 3.05) is 32.8 Å². The monoisotopic (exact) mass is 278 g/mol. The van der Waals surface area contributed by atoms with Crippen LogP contribution >= 0.6 is 0 Å². The molecule has 0 bridgehead atoms. The van der Waals surface area contributed by atoms with Crippen molar-refractivity contribution in [2.24, 2.45) is 5.73 Å². The number of rotatable bonds is 5. The van der Waals surface area contributed by atoms with Crippen LogP contribution in [0.15, 0.2) is 18.3 Å². The third kappa shape index (κ3) is 4.26. The van der Waals surface area contributed by atoms with Crippen molar-refractivity contribution in [1.82, 2.24) is 15.2 Å². The second-order valence-corrected chi connectivity index (χ2v) is 5.04. The number of nitrogens with one attached hydrogen (secondary N) is 1. The van der Waals surface area contributed by atoms with Crippen LogP contribution in [0.4, 0.5) is 0 Å². The number of amides is 1. The Labute approximate surface area is 119 Å². The molecule has 1 amide bonds. The summed E-state index contributed by atoms with van der Waals surface area (Å²) < 4.78 is 5.30. The predicted octanol–water partition coefficient (Wildman–Crippen LogP) is -0.00920. The summed E-state index contributed by atoms with van der Waals surface area (Å²) in [6.45, 7) is 6.64. The van der Waals surface area contributed by atoms with Gasteiger partial charge in [-0.3, -0.25) is 14.7 Å². The number of aromatic nitrogens is 1. The molecule has 1 aromatic heterocycles. The van der Waals surface area contributed by atoms with Gasteiger partial charge in [-0.2, -0.15) is 0 Å². The number of ether oxygens (including phenoxy) is 1. The van der Waals surface area contributed by atoms with Gasteiger partial charge < -0.3 is 15.8 Å². The van der Waals surface area contributed by atoms with Crippen LogP contribution in [-0.4, -0.2) is 54.7 Å². The van der Waals surface area contributed by atoms with Crippen LogP contribution in [-0.2, 0) is 11.3 Å². The molecule has 0 aliphatic carbocycles. The summed E-state index contributed by atoms with van der Waals surface area (Å²) in [5.74, 6) is -0.144. The molecule has 6 heteroatoms. The Morgan fingerprint density at radius 3 is 2.85 bits per heavy atom.